The summed E-state index contributed by atoms with van der Waals surface area (Å²) in [7, 11) is 3.68. The number of nitrogens with one attached hydrogen (secondary N) is 2. The van der Waals surface area contributed by atoms with Crippen molar-refractivity contribution < 1.29 is 0 Å². The Bertz CT molecular complexity index is 78.6. The molecule has 1 radical (unpaired) electrons. The molecule has 0 saturated heterocycles. The van der Waals surface area contributed by atoms with Gasteiger partial charge in [-0.1, -0.05) is 6.58 Å². The Morgan fingerprint density at radius 3 is 2.12 bits per heavy atom. The minimum atomic E-state index is 0.111. The summed E-state index contributed by atoms with van der Waals surface area (Å²) in [4.78, 5) is 0. The molecule has 0 fully saturated rings. The van der Waals surface area contributed by atoms with Gasteiger partial charge in [-0.3, -0.25) is 0 Å². The molecule has 1 unspecified atom stereocenters. The van der Waals surface area contributed by atoms with Gasteiger partial charge >= 0.3 is 0 Å². The zero-order valence-electron chi connectivity index (χ0n) is 5.49. The van der Waals surface area contributed by atoms with Crippen molar-refractivity contribution in [1.82, 2.24) is 10.6 Å². The zero-order valence-corrected chi connectivity index (χ0v) is 5.49. The van der Waals surface area contributed by atoms with E-state index in [9.17, 15) is 0 Å². The van der Waals surface area contributed by atoms with Crippen molar-refractivity contribution in [2.45, 2.75) is 6.04 Å². The van der Waals surface area contributed by atoms with Crippen LogP contribution in [-0.2, 0) is 0 Å². The summed E-state index contributed by atoms with van der Waals surface area (Å²) in [6.07, 6.45) is 0. The molecule has 0 aromatic carbocycles. The van der Waals surface area contributed by atoms with Gasteiger partial charge in [0.1, 0.15) is 0 Å². The summed E-state index contributed by atoms with van der Waals surface area (Å²) in [6.45, 7) is 7.46. The molecule has 0 aliphatic carbocycles. The third-order valence-electron chi connectivity index (χ3n) is 1.09. The highest BCUT2D eigenvalue weighted by Crippen LogP contribution is 1.88. The molecule has 2 nitrogen and oxygen atoms in total. The molecule has 0 bridgehead atoms. The Labute approximate surface area is 51.0 Å². The molecule has 0 amide bonds. The zero-order chi connectivity index (χ0) is 6.57. The van der Waals surface area contributed by atoms with Gasteiger partial charge in [0, 0.05) is 18.8 Å². The second-order valence-electron chi connectivity index (χ2n) is 1.62. The Kier molecular flexibility index (Phi) is 3.28. The van der Waals surface area contributed by atoms with Gasteiger partial charge in [-0.15, -0.1) is 0 Å². The molecule has 0 aliphatic heterocycles. The van der Waals surface area contributed by atoms with Gasteiger partial charge in [0.25, 0.3) is 0 Å². The number of hydrogen-bond donors (Lipinski definition) is 2. The first-order chi connectivity index (χ1) is 3.72. The van der Waals surface area contributed by atoms with Crippen molar-refractivity contribution in [3.05, 3.63) is 19.2 Å². The largest absolute Gasteiger partial charge is 0.391 e. The molecule has 1 atom stereocenters. The van der Waals surface area contributed by atoms with Crippen LogP contribution in [0, 0.1) is 6.92 Å². The van der Waals surface area contributed by atoms with E-state index >= 15 is 0 Å². The highest BCUT2D eigenvalue weighted by atomic mass is 14.9. The molecule has 0 aromatic rings. The molecule has 2 heteroatoms. The van der Waals surface area contributed by atoms with Gasteiger partial charge in [-0.25, -0.2) is 0 Å². The SMILES string of the molecule is [CH2]C(NC)C(=C)NC. The Balaban J connectivity index is 3.46. The van der Waals surface area contributed by atoms with E-state index in [1.807, 2.05) is 14.1 Å². The lowest BCUT2D eigenvalue weighted by atomic mass is 10.3. The van der Waals surface area contributed by atoms with E-state index in [0.29, 0.717) is 0 Å². The molecule has 0 aliphatic rings. The van der Waals surface area contributed by atoms with Crippen molar-refractivity contribution in [1.29, 1.82) is 0 Å². The first-order valence-electron chi connectivity index (χ1n) is 2.59. The van der Waals surface area contributed by atoms with Gasteiger partial charge in [-0.05, 0) is 14.0 Å². The van der Waals surface area contributed by atoms with Crippen LogP contribution in [0.3, 0.4) is 0 Å². The molecule has 0 saturated carbocycles. The summed E-state index contributed by atoms with van der Waals surface area (Å²) in [6, 6.07) is 0.111. The lowest BCUT2D eigenvalue weighted by molar-refractivity contribution is 0.703. The average molecular weight is 113 g/mol. The van der Waals surface area contributed by atoms with Crippen molar-refractivity contribution in [2.75, 3.05) is 14.1 Å². The van der Waals surface area contributed by atoms with Crippen molar-refractivity contribution >= 4 is 0 Å². The normalized spacial score (nSPS) is 12.9. The van der Waals surface area contributed by atoms with Crippen molar-refractivity contribution in [2.24, 2.45) is 0 Å². The monoisotopic (exact) mass is 113 g/mol. The predicted molar refractivity (Wildman–Crippen MR) is 36.4 cm³/mol. The first kappa shape index (κ1) is 7.50. The van der Waals surface area contributed by atoms with Crippen LogP contribution in [0.2, 0.25) is 0 Å². The summed E-state index contributed by atoms with van der Waals surface area (Å²) >= 11 is 0. The first-order valence-corrected chi connectivity index (χ1v) is 2.59. The summed E-state index contributed by atoms with van der Waals surface area (Å²) < 4.78 is 0. The van der Waals surface area contributed by atoms with Crippen LogP contribution in [0.1, 0.15) is 0 Å². The summed E-state index contributed by atoms with van der Waals surface area (Å²) in [5.74, 6) is 0. The number of rotatable bonds is 3. The molecular weight excluding hydrogens is 100 g/mol. The van der Waals surface area contributed by atoms with Crippen molar-refractivity contribution in [3.8, 4) is 0 Å². The standard InChI is InChI=1S/C6H13N2/c1-5(7-3)6(2)8-4/h5,7-8H,1-2H2,3-4H3. The maximum absolute atomic E-state index is 3.75. The molecular formula is C6H13N2. The molecule has 8 heavy (non-hydrogen) atoms. The molecule has 0 rings (SSSR count). The van der Waals surface area contributed by atoms with Crippen molar-refractivity contribution in [3.63, 3.8) is 0 Å². The second kappa shape index (κ2) is 3.50. The fraction of sp³-hybridized carbons (Fsp3) is 0.500. The van der Waals surface area contributed by atoms with E-state index in [4.69, 9.17) is 0 Å². The molecule has 0 aromatic heterocycles. The van der Waals surface area contributed by atoms with Crippen LogP contribution in [0.15, 0.2) is 12.3 Å². The fourth-order valence-electron chi connectivity index (χ4n) is 0.348. The Morgan fingerprint density at radius 1 is 1.50 bits per heavy atom. The second-order valence-corrected chi connectivity index (χ2v) is 1.62. The maximum Gasteiger partial charge on any atom is 0.0461 e. The van der Waals surface area contributed by atoms with Crippen LogP contribution in [0.5, 0.6) is 0 Å². The highest BCUT2D eigenvalue weighted by Gasteiger charge is 1.97. The van der Waals surface area contributed by atoms with Gasteiger partial charge in [0.2, 0.25) is 0 Å². The third-order valence-corrected chi connectivity index (χ3v) is 1.09. The molecule has 2 N–H and O–H groups in total. The minimum Gasteiger partial charge on any atom is -0.391 e. The van der Waals surface area contributed by atoms with E-state index in [1.165, 1.54) is 0 Å². The summed E-state index contributed by atoms with van der Waals surface area (Å²) in [5.41, 5.74) is 0.910. The molecule has 0 spiro atoms. The van der Waals surface area contributed by atoms with Crippen LogP contribution >= 0.6 is 0 Å². The van der Waals surface area contributed by atoms with Crippen LogP contribution in [0.4, 0.5) is 0 Å². The fourth-order valence-corrected chi connectivity index (χ4v) is 0.348. The molecule has 0 heterocycles. The third kappa shape index (κ3) is 1.98. The van der Waals surface area contributed by atoms with Crippen LogP contribution in [-0.4, -0.2) is 20.1 Å². The Hall–Kier alpha value is -0.500. The number of hydrogen-bond acceptors (Lipinski definition) is 2. The van der Waals surface area contributed by atoms with E-state index < -0.39 is 0 Å². The van der Waals surface area contributed by atoms with Gasteiger partial charge in [0.05, 0.1) is 0 Å². The lowest BCUT2D eigenvalue weighted by Crippen LogP contribution is -2.29. The summed E-state index contributed by atoms with van der Waals surface area (Å²) in [5, 5.41) is 5.84. The van der Waals surface area contributed by atoms with E-state index in [2.05, 4.69) is 24.1 Å². The predicted octanol–water partition coefficient (Wildman–Crippen LogP) is 0.142. The van der Waals surface area contributed by atoms with E-state index in [0.717, 1.165) is 5.70 Å². The van der Waals surface area contributed by atoms with Crippen LogP contribution in [0.25, 0.3) is 0 Å². The van der Waals surface area contributed by atoms with E-state index in [1.54, 1.807) is 0 Å². The van der Waals surface area contributed by atoms with Crippen LogP contribution < -0.4 is 10.6 Å². The smallest absolute Gasteiger partial charge is 0.0461 e. The van der Waals surface area contributed by atoms with E-state index in [-0.39, 0.29) is 6.04 Å². The highest BCUT2D eigenvalue weighted by molar-refractivity contribution is 5.02. The van der Waals surface area contributed by atoms with Gasteiger partial charge < -0.3 is 10.6 Å². The quantitative estimate of drug-likeness (QED) is 0.544. The van der Waals surface area contributed by atoms with Gasteiger partial charge in [-0.2, -0.15) is 0 Å². The maximum atomic E-state index is 3.75. The average Bonchev–Trinajstić information content (AvgIpc) is 1.84. The van der Waals surface area contributed by atoms with Gasteiger partial charge in [0.15, 0.2) is 0 Å². The Morgan fingerprint density at radius 2 is 2.00 bits per heavy atom. The topological polar surface area (TPSA) is 24.1 Å². The number of likely N-dealkylation sites (N-methyl/N-ethyl adjacent to an activating group) is 2. The molecule has 47 valence electrons. The lowest BCUT2D eigenvalue weighted by Gasteiger charge is -2.11. The minimum absolute atomic E-state index is 0.111.